The van der Waals surface area contributed by atoms with Gasteiger partial charge in [0.25, 0.3) is 0 Å². The SMILES string of the molecule is COc1ccc(CNCC2(C(=O)O)CC2)cc1. The molecule has 4 nitrogen and oxygen atoms in total. The van der Waals surface area contributed by atoms with Gasteiger partial charge in [-0.15, -0.1) is 0 Å². The molecule has 1 fully saturated rings. The van der Waals surface area contributed by atoms with E-state index in [9.17, 15) is 4.79 Å². The summed E-state index contributed by atoms with van der Waals surface area (Å²) in [6, 6.07) is 7.76. The summed E-state index contributed by atoms with van der Waals surface area (Å²) in [6.07, 6.45) is 1.58. The minimum Gasteiger partial charge on any atom is -0.497 e. The fourth-order valence-electron chi connectivity index (χ4n) is 1.81. The number of aliphatic carboxylic acids is 1. The summed E-state index contributed by atoms with van der Waals surface area (Å²) in [4.78, 5) is 11.0. The Morgan fingerprint density at radius 1 is 1.41 bits per heavy atom. The molecule has 0 atom stereocenters. The van der Waals surface area contributed by atoms with Gasteiger partial charge in [-0.1, -0.05) is 12.1 Å². The van der Waals surface area contributed by atoms with Crippen molar-refractivity contribution in [3.05, 3.63) is 29.8 Å². The molecular weight excluding hydrogens is 218 g/mol. The van der Waals surface area contributed by atoms with Crippen molar-refractivity contribution in [3.63, 3.8) is 0 Å². The van der Waals surface area contributed by atoms with Crippen LogP contribution in [0.2, 0.25) is 0 Å². The largest absolute Gasteiger partial charge is 0.497 e. The monoisotopic (exact) mass is 235 g/mol. The van der Waals surface area contributed by atoms with Crippen molar-refractivity contribution in [1.29, 1.82) is 0 Å². The van der Waals surface area contributed by atoms with E-state index in [0.717, 1.165) is 24.2 Å². The average molecular weight is 235 g/mol. The minimum atomic E-state index is -0.681. The molecule has 1 aliphatic carbocycles. The average Bonchev–Trinajstić information content (AvgIpc) is 3.11. The molecule has 0 aromatic heterocycles. The minimum absolute atomic E-state index is 0.494. The van der Waals surface area contributed by atoms with Crippen molar-refractivity contribution >= 4 is 5.97 Å². The Morgan fingerprint density at radius 3 is 2.53 bits per heavy atom. The Morgan fingerprint density at radius 2 is 2.06 bits per heavy atom. The molecule has 2 N–H and O–H groups in total. The van der Waals surface area contributed by atoms with Crippen LogP contribution in [0.5, 0.6) is 5.75 Å². The van der Waals surface area contributed by atoms with Crippen LogP contribution >= 0.6 is 0 Å². The quantitative estimate of drug-likeness (QED) is 0.787. The van der Waals surface area contributed by atoms with E-state index in [0.29, 0.717) is 13.1 Å². The lowest BCUT2D eigenvalue weighted by molar-refractivity contribution is -0.143. The molecular formula is C13H17NO3. The van der Waals surface area contributed by atoms with E-state index in [-0.39, 0.29) is 0 Å². The van der Waals surface area contributed by atoms with Crippen LogP contribution in [0.4, 0.5) is 0 Å². The maximum Gasteiger partial charge on any atom is 0.310 e. The second-order valence-corrected chi connectivity index (χ2v) is 4.54. The van der Waals surface area contributed by atoms with Gasteiger partial charge in [-0.25, -0.2) is 0 Å². The van der Waals surface area contributed by atoms with Crippen molar-refractivity contribution in [2.75, 3.05) is 13.7 Å². The van der Waals surface area contributed by atoms with Gasteiger partial charge in [-0.05, 0) is 30.5 Å². The first kappa shape index (κ1) is 11.9. The third kappa shape index (κ3) is 2.77. The summed E-state index contributed by atoms with van der Waals surface area (Å²) in [7, 11) is 1.64. The molecule has 0 bridgehead atoms. The maximum absolute atomic E-state index is 11.0. The molecule has 0 spiro atoms. The number of carboxylic acid groups (broad SMARTS) is 1. The van der Waals surface area contributed by atoms with Gasteiger partial charge in [-0.2, -0.15) is 0 Å². The number of hydrogen-bond acceptors (Lipinski definition) is 3. The molecule has 1 aromatic rings. The number of carboxylic acids is 1. The predicted molar refractivity (Wildman–Crippen MR) is 64.0 cm³/mol. The lowest BCUT2D eigenvalue weighted by Crippen LogP contribution is -2.29. The number of carbonyl (C=O) groups is 1. The molecule has 0 heterocycles. The lowest BCUT2D eigenvalue weighted by Gasteiger charge is -2.11. The Hall–Kier alpha value is -1.55. The maximum atomic E-state index is 11.0. The molecule has 1 saturated carbocycles. The van der Waals surface area contributed by atoms with Crippen LogP contribution in [-0.2, 0) is 11.3 Å². The van der Waals surface area contributed by atoms with Crippen LogP contribution in [0, 0.1) is 5.41 Å². The smallest absolute Gasteiger partial charge is 0.310 e. The highest BCUT2D eigenvalue weighted by molar-refractivity contribution is 5.78. The standard InChI is InChI=1S/C13H17NO3/c1-17-11-4-2-10(3-5-11)8-14-9-13(6-7-13)12(15)16/h2-5,14H,6-9H2,1H3,(H,15,16). The van der Waals surface area contributed by atoms with E-state index in [1.165, 1.54) is 0 Å². The van der Waals surface area contributed by atoms with E-state index < -0.39 is 11.4 Å². The highest BCUT2D eigenvalue weighted by Gasteiger charge is 2.49. The summed E-state index contributed by atoms with van der Waals surface area (Å²) >= 11 is 0. The number of hydrogen-bond donors (Lipinski definition) is 2. The molecule has 0 unspecified atom stereocenters. The first-order valence-corrected chi connectivity index (χ1v) is 5.73. The van der Waals surface area contributed by atoms with E-state index >= 15 is 0 Å². The van der Waals surface area contributed by atoms with E-state index in [4.69, 9.17) is 9.84 Å². The third-order valence-corrected chi connectivity index (χ3v) is 3.26. The molecule has 17 heavy (non-hydrogen) atoms. The van der Waals surface area contributed by atoms with Crippen LogP contribution in [0.1, 0.15) is 18.4 Å². The Bertz CT molecular complexity index is 396. The fourth-order valence-corrected chi connectivity index (χ4v) is 1.81. The van der Waals surface area contributed by atoms with Gasteiger partial charge < -0.3 is 15.2 Å². The zero-order valence-corrected chi connectivity index (χ0v) is 9.90. The second-order valence-electron chi connectivity index (χ2n) is 4.54. The molecule has 1 aliphatic rings. The first-order valence-electron chi connectivity index (χ1n) is 5.73. The summed E-state index contributed by atoms with van der Waals surface area (Å²) in [5, 5.41) is 12.2. The molecule has 0 aliphatic heterocycles. The van der Waals surface area contributed by atoms with Crippen LogP contribution < -0.4 is 10.1 Å². The molecule has 2 rings (SSSR count). The Labute approximate surface area is 101 Å². The van der Waals surface area contributed by atoms with Crippen molar-refractivity contribution < 1.29 is 14.6 Å². The summed E-state index contributed by atoms with van der Waals surface area (Å²) in [6.45, 7) is 1.24. The number of ether oxygens (including phenoxy) is 1. The first-order chi connectivity index (χ1) is 8.16. The van der Waals surface area contributed by atoms with Gasteiger partial charge in [-0.3, -0.25) is 4.79 Å². The summed E-state index contributed by atoms with van der Waals surface area (Å²) in [5.74, 6) is 0.151. The van der Waals surface area contributed by atoms with Gasteiger partial charge in [0.1, 0.15) is 5.75 Å². The molecule has 0 saturated heterocycles. The van der Waals surface area contributed by atoms with Gasteiger partial charge in [0, 0.05) is 13.1 Å². The Kier molecular flexibility index (Phi) is 3.33. The lowest BCUT2D eigenvalue weighted by atomic mass is 10.1. The Balaban J connectivity index is 1.80. The molecule has 92 valence electrons. The summed E-state index contributed by atoms with van der Waals surface area (Å²) < 4.78 is 5.07. The van der Waals surface area contributed by atoms with Crippen molar-refractivity contribution in [1.82, 2.24) is 5.32 Å². The predicted octanol–water partition coefficient (Wildman–Crippen LogP) is 1.65. The number of rotatable bonds is 6. The number of nitrogens with one attached hydrogen (secondary N) is 1. The number of methoxy groups -OCH3 is 1. The molecule has 0 radical (unpaired) electrons. The van der Waals surface area contributed by atoms with Crippen molar-refractivity contribution in [3.8, 4) is 5.75 Å². The van der Waals surface area contributed by atoms with Gasteiger partial charge >= 0.3 is 5.97 Å². The van der Waals surface area contributed by atoms with Crippen LogP contribution in [-0.4, -0.2) is 24.7 Å². The highest BCUT2D eigenvalue weighted by atomic mass is 16.5. The van der Waals surface area contributed by atoms with E-state index in [1.807, 2.05) is 24.3 Å². The zero-order valence-electron chi connectivity index (χ0n) is 9.90. The van der Waals surface area contributed by atoms with Crippen LogP contribution in [0.25, 0.3) is 0 Å². The van der Waals surface area contributed by atoms with Crippen LogP contribution in [0.3, 0.4) is 0 Å². The third-order valence-electron chi connectivity index (χ3n) is 3.26. The zero-order chi connectivity index (χ0) is 12.3. The topological polar surface area (TPSA) is 58.6 Å². The van der Waals surface area contributed by atoms with Crippen molar-refractivity contribution in [2.45, 2.75) is 19.4 Å². The normalized spacial score (nSPS) is 16.5. The van der Waals surface area contributed by atoms with Crippen molar-refractivity contribution in [2.24, 2.45) is 5.41 Å². The molecule has 4 heteroatoms. The van der Waals surface area contributed by atoms with E-state index in [2.05, 4.69) is 5.32 Å². The van der Waals surface area contributed by atoms with Crippen LogP contribution in [0.15, 0.2) is 24.3 Å². The van der Waals surface area contributed by atoms with E-state index in [1.54, 1.807) is 7.11 Å². The van der Waals surface area contributed by atoms with Gasteiger partial charge in [0.15, 0.2) is 0 Å². The highest BCUT2D eigenvalue weighted by Crippen LogP contribution is 2.45. The molecule has 1 aromatic carbocycles. The van der Waals surface area contributed by atoms with Gasteiger partial charge in [0.2, 0.25) is 0 Å². The summed E-state index contributed by atoms with van der Waals surface area (Å²) in [5.41, 5.74) is 0.638. The fraction of sp³-hybridized carbons (Fsp3) is 0.462. The second kappa shape index (κ2) is 4.75. The number of benzene rings is 1. The molecule has 0 amide bonds. The van der Waals surface area contributed by atoms with Gasteiger partial charge in [0.05, 0.1) is 12.5 Å².